The second-order valence-electron chi connectivity index (χ2n) is 25.6. The van der Waals surface area contributed by atoms with E-state index in [4.69, 9.17) is 30.4 Å². The maximum absolute atomic E-state index is 16.3. The number of esters is 1. The fourth-order valence-corrected chi connectivity index (χ4v) is 15.8. The van der Waals surface area contributed by atoms with Crippen molar-refractivity contribution in [1.29, 1.82) is 0 Å². The molecule has 87 heavy (non-hydrogen) atoms. The zero-order valence-electron chi connectivity index (χ0n) is 49.0. The van der Waals surface area contributed by atoms with E-state index in [1.165, 1.54) is 19.1 Å². The van der Waals surface area contributed by atoms with E-state index in [9.17, 15) is 45.3 Å². The van der Waals surface area contributed by atoms with Gasteiger partial charge in [-0.1, -0.05) is 86.4 Å². The number of aldehydes is 1. The van der Waals surface area contributed by atoms with E-state index in [0.29, 0.717) is 55.1 Å². The highest BCUT2D eigenvalue weighted by atomic mass is 16.7. The lowest BCUT2D eigenvalue weighted by Gasteiger charge is -2.49. The Kier molecular flexibility index (Phi) is 16.9. The number of aliphatic imine (C=N–C) groups is 1. The summed E-state index contributed by atoms with van der Waals surface area (Å²) in [4.78, 5) is 63.6. The van der Waals surface area contributed by atoms with Gasteiger partial charge in [0.25, 0.3) is 0 Å². The van der Waals surface area contributed by atoms with Crippen molar-refractivity contribution in [2.45, 2.75) is 202 Å². The predicted molar refractivity (Wildman–Crippen MR) is 320 cm³/mol. The van der Waals surface area contributed by atoms with Crippen LogP contribution in [0.25, 0.3) is 12.2 Å². The number of phenolic OH excluding ortho intramolecular Hbond substituents is 1. The number of nitrogens with one attached hydrogen (secondary N) is 1. The third kappa shape index (κ3) is 11.3. The first-order valence-corrected chi connectivity index (χ1v) is 31.0. The van der Waals surface area contributed by atoms with Gasteiger partial charge in [0.15, 0.2) is 29.9 Å². The molecule has 2 heterocycles. The number of nitrogens with zero attached hydrogens (tertiary/aromatic N) is 1. The largest absolute Gasteiger partial charge is 0.507 e. The molecule has 12 N–H and O–H groups in total. The Bertz CT molecular complexity index is 3530. The smallest absolute Gasteiger partial charge is 0.308 e. The van der Waals surface area contributed by atoms with Gasteiger partial charge in [0.05, 0.1) is 48.7 Å². The van der Waals surface area contributed by atoms with Gasteiger partial charge in [-0.3, -0.25) is 19.2 Å². The first-order valence-electron chi connectivity index (χ1n) is 31.0. The highest BCUT2D eigenvalue weighted by Gasteiger charge is 2.59. The Morgan fingerprint density at radius 1 is 0.897 bits per heavy atom. The number of carbonyl (C=O) groups is 4. The van der Waals surface area contributed by atoms with Gasteiger partial charge in [-0.05, 0) is 141 Å². The summed E-state index contributed by atoms with van der Waals surface area (Å²) < 4.78 is 26.4. The number of guanidine groups is 1. The minimum absolute atomic E-state index is 0.0232. The minimum atomic E-state index is -3.09. The number of hydrogen-bond donors (Lipinski definition) is 10. The van der Waals surface area contributed by atoms with Crippen LogP contribution in [0, 0.1) is 23.7 Å². The summed E-state index contributed by atoms with van der Waals surface area (Å²) in [5.74, 6) is -1.01. The van der Waals surface area contributed by atoms with Crippen LogP contribution in [-0.2, 0) is 52.2 Å². The predicted octanol–water partition coefficient (Wildman–Crippen LogP) is 5.76. The number of phenols is 1. The number of ketones is 2. The number of ether oxygens (including phenoxy) is 4. The molecule has 4 aromatic carbocycles. The molecular weight excluding hydrogens is 1110 g/mol. The van der Waals surface area contributed by atoms with Gasteiger partial charge < -0.3 is 71.5 Å². The lowest BCUT2D eigenvalue weighted by molar-refractivity contribution is -0.386. The van der Waals surface area contributed by atoms with Crippen LogP contribution in [0.4, 0.5) is 0 Å². The topological polar surface area (TPSA) is 323 Å². The Morgan fingerprint density at radius 3 is 2.44 bits per heavy atom. The van der Waals surface area contributed by atoms with Gasteiger partial charge in [0, 0.05) is 64.2 Å². The standard InChI is InChI=1S/C68H78N4O15/c1-36(75)85-51-31-42(33-73)52-53-47(51)24-17-37-10-7-11-38(28-37)29-46(76)23-22-44(69)15-8-16-48-54(59(53)79)55(58(52)78)57(77)49(30-41-19-18-39-20-21-43-14-9-27-67(43,81)56(39)50(41)34-74)61(48)87-64-63(68(82,83)62(80)60(86-64)40-12-3-4-13-40)84-35-45-32-66(72-65(70)71-45)25-5-2-6-26-66/h7,10-11,17-19,24,28,31,34,40,43-46,60,62-64,73,76-77,80-83H,2-6,9,12-14,16,20-23,25-27,29-30,32-33,35,69H2,1H3,(H3,70,71,72)/b24-17+/t43-,44-,45+,46+,60-,62+,63-,64+,67+/m0/s1. The van der Waals surface area contributed by atoms with Crippen molar-refractivity contribution < 1.29 is 73.9 Å². The molecule has 3 saturated carbocycles. The van der Waals surface area contributed by atoms with E-state index in [-0.39, 0.29) is 99.6 Å². The number of aliphatic hydroxyl groups is 6. The summed E-state index contributed by atoms with van der Waals surface area (Å²) in [6.07, 6.45) is 6.99. The van der Waals surface area contributed by atoms with E-state index < -0.39 is 108 Å². The maximum Gasteiger partial charge on any atom is 0.308 e. The molecule has 1 spiro atoms. The van der Waals surface area contributed by atoms with Crippen molar-refractivity contribution in [2.75, 3.05) is 6.61 Å². The summed E-state index contributed by atoms with van der Waals surface area (Å²) in [5.41, 5.74) is 12.7. The molecule has 9 atom stereocenters. The number of fused-ring (bicyclic) bond motifs is 5. The lowest BCUT2D eigenvalue weighted by Crippen LogP contribution is -2.69. The number of aliphatic hydroxyl groups excluding tert-OH is 3. The zero-order chi connectivity index (χ0) is 61.1. The van der Waals surface area contributed by atoms with Crippen molar-refractivity contribution >= 4 is 41.9 Å². The number of rotatable bonds is 11. The van der Waals surface area contributed by atoms with Crippen molar-refractivity contribution in [3.05, 3.63) is 120 Å². The zero-order valence-corrected chi connectivity index (χ0v) is 49.0. The Balaban J connectivity index is 1.09. The molecule has 8 aliphatic rings. The average Bonchev–Trinajstić information content (AvgIpc) is 1.33. The van der Waals surface area contributed by atoms with Gasteiger partial charge in [-0.2, -0.15) is 0 Å². The van der Waals surface area contributed by atoms with Crippen LogP contribution in [0.5, 0.6) is 17.2 Å². The molecule has 0 unspecified atom stereocenters. The molecule has 0 amide bonds. The van der Waals surface area contributed by atoms with Crippen molar-refractivity contribution in [3.8, 4) is 29.1 Å². The molecular formula is C68H78N4O15. The van der Waals surface area contributed by atoms with Crippen molar-refractivity contribution in [1.82, 2.24) is 5.32 Å². The third-order valence-electron chi connectivity index (χ3n) is 19.9. The molecule has 4 bridgehead atoms. The van der Waals surface area contributed by atoms with Crippen molar-refractivity contribution in [3.63, 3.8) is 0 Å². The molecule has 0 radical (unpaired) electrons. The van der Waals surface area contributed by atoms with Crippen LogP contribution in [0.15, 0.2) is 47.5 Å². The molecule has 1 saturated heterocycles. The molecule has 4 fully saturated rings. The fraction of sp³-hybridized carbons (Fsp3) is 0.515. The highest BCUT2D eigenvalue weighted by Crippen LogP contribution is 2.53. The van der Waals surface area contributed by atoms with Gasteiger partial charge in [0.2, 0.25) is 12.1 Å². The van der Waals surface area contributed by atoms with Crippen molar-refractivity contribution in [2.24, 2.45) is 28.3 Å². The maximum atomic E-state index is 16.3. The summed E-state index contributed by atoms with van der Waals surface area (Å²) in [6.45, 7) is 0.0956. The number of hydrogen-bond acceptors (Lipinski definition) is 19. The number of carbonyl (C=O) groups excluding carboxylic acids is 4. The second kappa shape index (κ2) is 24.3. The monoisotopic (exact) mass is 1190 g/mol. The highest BCUT2D eigenvalue weighted by molar-refractivity contribution is 6.32. The molecule has 12 rings (SSSR count). The Morgan fingerprint density at radius 2 is 1.68 bits per heavy atom. The molecule has 4 aromatic rings. The quantitative estimate of drug-likeness (QED) is 0.0247. The number of nitrogens with two attached hydrogens (primary N) is 2. The van der Waals surface area contributed by atoms with Gasteiger partial charge >= 0.3 is 5.97 Å². The minimum Gasteiger partial charge on any atom is -0.507 e. The number of aromatic hydroxyl groups is 1. The Hall–Kier alpha value is -6.83. The molecule has 19 nitrogen and oxygen atoms in total. The summed E-state index contributed by atoms with van der Waals surface area (Å²) in [5, 5.41) is 88.8. The summed E-state index contributed by atoms with van der Waals surface area (Å²) in [7, 11) is 0. The normalized spacial score (nSPS) is 28.6. The van der Waals surface area contributed by atoms with Crippen LogP contribution < -0.4 is 26.3 Å². The average molecular weight is 1190 g/mol. The number of aryl methyl sites for hydroxylation is 1. The third-order valence-corrected chi connectivity index (χ3v) is 19.9. The van der Waals surface area contributed by atoms with Gasteiger partial charge in [-0.25, -0.2) is 4.99 Å². The summed E-state index contributed by atoms with van der Waals surface area (Å²) >= 11 is 0. The molecule has 0 aromatic heterocycles. The van der Waals surface area contributed by atoms with Crippen LogP contribution in [-0.4, -0.2) is 126 Å². The molecule has 2 aliphatic heterocycles. The number of benzene rings is 4. The van der Waals surface area contributed by atoms with E-state index in [1.807, 2.05) is 18.2 Å². The first-order chi connectivity index (χ1) is 41.8. The summed E-state index contributed by atoms with van der Waals surface area (Å²) in [6, 6.07) is 10.7. The van der Waals surface area contributed by atoms with E-state index in [0.717, 1.165) is 75.3 Å². The van der Waals surface area contributed by atoms with Gasteiger partial charge in [-0.15, -0.1) is 0 Å². The van der Waals surface area contributed by atoms with Gasteiger partial charge in [0.1, 0.15) is 23.4 Å². The van der Waals surface area contributed by atoms with E-state index in [2.05, 4.69) is 22.2 Å². The van der Waals surface area contributed by atoms with Crippen LogP contribution >= 0.6 is 0 Å². The Labute approximate surface area is 505 Å². The SMILES string of the molecule is CC(=O)Oc1cc(CO)c2c3c1/C=C/c1cccc(c1)C[C@H](O)CC[C@@H](N)C#CCc1c(O[C@H]4O[C@@H](C5CCCC5)[C@@H](O)C(O)(O)[C@H]4OC[C@H]4CC5(CCCCC5)NC(N)=N4)c(Cc4ccc5c(c4C=O)[C@@]4(O)CCC[C@H]4CC5)c(O)c(c1C3=O)C2=O. The molecule has 6 aliphatic carbocycles. The van der Waals surface area contributed by atoms with Crippen LogP contribution in [0.2, 0.25) is 0 Å². The van der Waals surface area contributed by atoms with E-state index in [1.54, 1.807) is 24.3 Å². The molecule has 460 valence electrons. The molecule has 19 heteroatoms. The fourth-order valence-electron chi connectivity index (χ4n) is 15.8. The first kappa shape index (κ1) is 60.5. The van der Waals surface area contributed by atoms with Crippen LogP contribution in [0.3, 0.4) is 0 Å². The van der Waals surface area contributed by atoms with Crippen LogP contribution in [0.1, 0.15) is 202 Å². The lowest BCUT2D eigenvalue weighted by atomic mass is 9.70. The van der Waals surface area contributed by atoms with E-state index >= 15 is 9.59 Å². The second-order valence-corrected chi connectivity index (χ2v) is 25.6.